The number of ketones is 1. The number of carbonyl (C=O) groups excluding carboxylic acids is 1. The van der Waals surface area contributed by atoms with Gasteiger partial charge in [-0.1, -0.05) is 90.9 Å². The van der Waals surface area contributed by atoms with Gasteiger partial charge in [0.2, 0.25) is 0 Å². The zero-order valence-corrected chi connectivity index (χ0v) is 14.1. The van der Waals surface area contributed by atoms with Gasteiger partial charge >= 0.3 is 0 Å². The molecular formula is C19H37O. The van der Waals surface area contributed by atoms with Crippen LogP contribution in [0.25, 0.3) is 0 Å². The Kier molecular flexibility index (Phi) is 14.8. The molecule has 1 atom stereocenters. The third kappa shape index (κ3) is 14.1. The van der Waals surface area contributed by atoms with Crippen LogP contribution in [0.2, 0.25) is 0 Å². The molecule has 0 aromatic rings. The van der Waals surface area contributed by atoms with Gasteiger partial charge in [-0.05, 0) is 13.3 Å². The third-order valence-corrected chi connectivity index (χ3v) is 4.08. The van der Waals surface area contributed by atoms with Crippen LogP contribution in [0.15, 0.2) is 0 Å². The Morgan fingerprint density at radius 2 is 1.10 bits per heavy atom. The van der Waals surface area contributed by atoms with E-state index in [9.17, 15) is 4.79 Å². The number of carbonyl (C=O) groups is 1. The maximum atomic E-state index is 11.4. The Morgan fingerprint density at radius 3 is 1.45 bits per heavy atom. The third-order valence-electron chi connectivity index (χ3n) is 4.08. The maximum absolute atomic E-state index is 11.4. The molecule has 0 heterocycles. The molecule has 0 saturated carbocycles. The van der Waals surface area contributed by atoms with Crippen molar-refractivity contribution in [2.24, 2.45) is 5.92 Å². The van der Waals surface area contributed by atoms with Crippen molar-refractivity contribution in [3.63, 3.8) is 0 Å². The summed E-state index contributed by atoms with van der Waals surface area (Å²) < 4.78 is 0. The fourth-order valence-electron chi connectivity index (χ4n) is 2.56. The molecular weight excluding hydrogens is 244 g/mol. The van der Waals surface area contributed by atoms with Crippen molar-refractivity contribution in [2.75, 3.05) is 0 Å². The van der Waals surface area contributed by atoms with E-state index in [1.165, 1.54) is 77.0 Å². The van der Waals surface area contributed by atoms with Gasteiger partial charge in [0.25, 0.3) is 0 Å². The van der Waals surface area contributed by atoms with Gasteiger partial charge in [-0.25, -0.2) is 0 Å². The number of hydrogen-bond acceptors (Lipinski definition) is 1. The highest BCUT2D eigenvalue weighted by molar-refractivity contribution is 5.81. The first-order valence-corrected chi connectivity index (χ1v) is 9.04. The quantitative estimate of drug-likeness (QED) is 0.313. The van der Waals surface area contributed by atoms with Gasteiger partial charge in [0.05, 0.1) is 0 Å². The summed E-state index contributed by atoms with van der Waals surface area (Å²) in [5.41, 5.74) is 0. The van der Waals surface area contributed by atoms with Crippen molar-refractivity contribution in [3.05, 3.63) is 6.92 Å². The Balaban J connectivity index is 3.04. The highest BCUT2D eigenvalue weighted by Gasteiger charge is 2.05. The maximum Gasteiger partial charge on any atom is 0.135 e. The zero-order valence-electron chi connectivity index (χ0n) is 14.1. The number of hydrogen-bond donors (Lipinski definition) is 0. The summed E-state index contributed by atoms with van der Waals surface area (Å²) in [7, 11) is 0. The molecule has 0 spiro atoms. The second-order valence-electron chi connectivity index (χ2n) is 6.36. The molecule has 0 fully saturated rings. The summed E-state index contributed by atoms with van der Waals surface area (Å²) in [5, 5.41) is 0. The van der Waals surface area contributed by atoms with E-state index >= 15 is 0 Å². The lowest BCUT2D eigenvalue weighted by atomic mass is 10.0. The fourth-order valence-corrected chi connectivity index (χ4v) is 2.56. The van der Waals surface area contributed by atoms with Crippen LogP contribution in [0, 0.1) is 12.8 Å². The van der Waals surface area contributed by atoms with Crippen LogP contribution >= 0.6 is 0 Å². The van der Waals surface area contributed by atoms with E-state index in [1.54, 1.807) is 0 Å². The Bertz CT molecular complexity index is 208. The lowest BCUT2D eigenvalue weighted by Gasteiger charge is -2.04. The van der Waals surface area contributed by atoms with Crippen molar-refractivity contribution < 1.29 is 4.79 Å². The summed E-state index contributed by atoms with van der Waals surface area (Å²) in [6.07, 6.45) is 18.4. The molecule has 20 heavy (non-hydrogen) atoms. The van der Waals surface area contributed by atoms with Gasteiger partial charge in [0.1, 0.15) is 5.78 Å². The number of rotatable bonds is 15. The van der Waals surface area contributed by atoms with Gasteiger partial charge in [-0.2, -0.15) is 0 Å². The van der Waals surface area contributed by atoms with Crippen LogP contribution < -0.4 is 0 Å². The Hall–Kier alpha value is -0.330. The van der Waals surface area contributed by atoms with Gasteiger partial charge < -0.3 is 0 Å². The average Bonchev–Trinajstić information content (AvgIpc) is 2.43. The molecule has 0 aromatic carbocycles. The molecule has 1 unspecified atom stereocenters. The van der Waals surface area contributed by atoms with E-state index in [4.69, 9.17) is 0 Å². The van der Waals surface area contributed by atoms with Crippen LogP contribution in [0.5, 0.6) is 0 Å². The van der Waals surface area contributed by atoms with E-state index in [-0.39, 0.29) is 5.92 Å². The van der Waals surface area contributed by atoms with Crippen molar-refractivity contribution in [3.8, 4) is 0 Å². The molecule has 0 amide bonds. The lowest BCUT2D eigenvalue weighted by Crippen LogP contribution is -2.06. The van der Waals surface area contributed by atoms with E-state index in [2.05, 4.69) is 13.8 Å². The molecule has 1 radical (unpaired) electrons. The number of unbranched alkanes of at least 4 members (excludes halogenated alkanes) is 12. The van der Waals surface area contributed by atoms with Crippen LogP contribution in [-0.4, -0.2) is 5.78 Å². The standard InChI is InChI=1S/C19H37O/c1-4-5-6-7-8-9-10-11-12-13-14-15-16-17-19(20)18(2)3/h18H,2,4-17H2,1,3H3. The van der Waals surface area contributed by atoms with Crippen molar-refractivity contribution in [1.29, 1.82) is 0 Å². The Labute approximate surface area is 127 Å². The first-order valence-electron chi connectivity index (χ1n) is 9.04. The molecule has 1 nitrogen and oxygen atoms in total. The minimum atomic E-state index is -0.0210. The van der Waals surface area contributed by atoms with E-state index in [0.717, 1.165) is 12.8 Å². The molecule has 1 heteroatoms. The predicted molar refractivity (Wildman–Crippen MR) is 89.8 cm³/mol. The first kappa shape index (κ1) is 19.7. The molecule has 0 rings (SSSR count). The SMILES string of the molecule is [CH2]C(C)C(=O)CCCCCCCCCCCCCCC. The van der Waals surface area contributed by atoms with Crippen LogP contribution in [0.1, 0.15) is 104 Å². The molecule has 0 aliphatic carbocycles. The second-order valence-corrected chi connectivity index (χ2v) is 6.36. The van der Waals surface area contributed by atoms with Crippen molar-refractivity contribution in [2.45, 2.75) is 104 Å². The average molecular weight is 282 g/mol. The highest BCUT2D eigenvalue weighted by Crippen LogP contribution is 2.13. The van der Waals surface area contributed by atoms with Crippen molar-refractivity contribution >= 4 is 5.78 Å². The normalized spacial score (nSPS) is 11.2. The van der Waals surface area contributed by atoms with Crippen LogP contribution in [0.4, 0.5) is 0 Å². The van der Waals surface area contributed by atoms with Gasteiger partial charge in [-0.3, -0.25) is 4.79 Å². The monoisotopic (exact) mass is 281 g/mol. The van der Waals surface area contributed by atoms with Crippen LogP contribution in [0.3, 0.4) is 0 Å². The summed E-state index contributed by atoms with van der Waals surface area (Å²) in [4.78, 5) is 11.4. The zero-order chi connectivity index (χ0) is 15.1. The molecule has 0 aliphatic rings. The lowest BCUT2D eigenvalue weighted by molar-refractivity contribution is -0.121. The summed E-state index contributed by atoms with van der Waals surface area (Å²) in [6.45, 7) is 7.94. The summed E-state index contributed by atoms with van der Waals surface area (Å²) in [5.74, 6) is 0.306. The van der Waals surface area contributed by atoms with E-state index in [0.29, 0.717) is 5.78 Å². The molecule has 0 aromatic heterocycles. The van der Waals surface area contributed by atoms with Gasteiger partial charge in [0, 0.05) is 12.3 Å². The minimum Gasteiger partial charge on any atom is -0.299 e. The topological polar surface area (TPSA) is 17.1 Å². The molecule has 0 saturated heterocycles. The van der Waals surface area contributed by atoms with Crippen LogP contribution in [-0.2, 0) is 4.79 Å². The molecule has 119 valence electrons. The Morgan fingerprint density at radius 1 is 0.750 bits per heavy atom. The molecule has 0 aliphatic heterocycles. The summed E-state index contributed by atoms with van der Waals surface area (Å²) >= 11 is 0. The number of Topliss-reactive ketones (excluding diaryl/α,β-unsaturated/α-hetero) is 1. The van der Waals surface area contributed by atoms with E-state index < -0.39 is 0 Å². The first-order chi connectivity index (χ1) is 9.68. The highest BCUT2D eigenvalue weighted by atomic mass is 16.1. The van der Waals surface area contributed by atoms with E-state index in [1.807, 2.05) is 6.92 Å². The smallest absolute Gasteiger partial charge is 0.135 e. The second kappa shape index (κ2) is 15.1. The summed E-state index contributed by atoms with van der Waals surface area (Å²) in [6, 6.07) is 0. The van der Waals surface area contributed by atoms with Gasteiger partial charge in [0.15, 0.2) is 0 Å². The molecule has 0 N–H and O–H groups in total. The minimum absolute atomic E-state index is 0.0210. The predicted octanol–water partition coefficient (Wildman–Crippen LogP) is 6.51. The van der Waals surface area contributed by atoms with Gasteiger partial charge in [-0.15, -0.1) is 0 Å². The molecule has 0 bridgehead atoms. The van der Waals surface area contributed by atoms with Crippen molar-refractivity contribution in [1.82, 2.24) is 0 Å². The largest absolute Gasteiger partial charge is 0.299 e. The fraction of sp³-hybridized carbons (Fsp3) is 0.895.